The van der Waals surface area contributed by atoms with E-state index in [0.717, 1.165) is 25.7 Å². The van der Waals surface area contributed by atoms with Crippen LogP contribution in [0.25, 0.3) is 0 Å². The number of nitrogens with zero attached hydrogens (tertiary/aromatic N) is 2. The van der Waals surface area contributed by atoms with Gasteiger partial charge < -0.3 is 14.7 Å². The summed E-state index contributed by atoms with van der Waals surface area (Å²) in [6.07, 6.45) is 2.96. The predicted octanol–water partition coefficient (Wildman–Crippen LogP) is 2.45. The van der Waals surface area contributed by atoms with E-state index in [9.17, 15) is 9.59 Å². The van der Waals surface area contributed by atoms with E-state index in [4.69, 9.17) is 21.4 Å². The molecule has 2 heterocycles. The van der Waals surface area contributed by atoms with Crippen LogP contribution in [0.15, 0.2) is 24.3 Å². The maximum absolute atomic E-state index is 12.9. The largest absolute Gasteiger partial charge is 0.490 e. The lowest BCUT2D eigenvalue weighted by atomic mass is 9.93. The monoisotopic (exact) mass is 466 g/mol. The first-order valence-electron chi connectivity index (χ1n) is 11.4. The number of aliphatic hydroxyl groups is 1. The molecule has 3 rings (SSSR count). The first-order chi connectivity index (χ1) is 15.3. The van der Waals surface area contributed by atoms with Gasteiger partial charge in [-0.05, 0) is 30.9 Å². The maximum atomic E-state index is 12.9. The summed E-state index contributed by atoms with van der Waals surface area (Å²) in [5.41, 5.74) is 0. The molecule has 4 atom stereocenters. The molecule has 0 aliphatic carbocycles. The number of rotatable bonds is 10. The summed E-state index contributed by atoms with van der Waals surface area (Å²) in [5.74, 6) is 0.641. The minimum Gasteiger partial charge on any atom is -0.490 e. The van der Waals surface area contributed by atoms with Crippen molar-refractivity contribution in [2.24, 2.45) is 5.92 Å². The zero-order valence-electron chi connectivity index (χ0n) is 19.1. The maximum Gasteiger partial charge on any atom is 0.327 e. The number of fused-ring (bicyclic) bond motifs is 1. The summed E-state index contributed by atoms with van der Waals surface area (Å²) in [4.78, 5) is 28.8. The molecule has 2 aliphatic heterocycles. The highest BCUT2D eigenvalue weighted by molar-refractivity contribution is 6.32. The third kappa shape index (κ3) is 5.73. The summed E-state index contributed by atoms with van der Waals surface area (Å²) in [6, 6.07) is 6.38. The van der Waals surface area contributed by atoms with Gasteiger partial charge in [0.1, 0.15) is 24.6 Å². The Morgan fingerprint density at radius 2 is 1.88 bits per heavy atom. The highest BCUT2D eigenvalue weighted by Gasteiger charge is 2.50. The number of amides is 3. The Bertz CT molecular complexity index is 793. The first kappa shape index (κ1) is 24.8. The quantitative estimate of drug-likeness (QED) is 0.458. The number of halogens is 1. The summed E-state index contributed by atoms with van der Waals surface area (Å²) < 4.78 is 6.03. The highest BCUT2D eigenvalue weighted by atomic mass is 35.5. The number of nitrogens with one attached hydrogen (secondary N) is 2. The zero-order valence-corrected chi connectivity index (χ0v) is 19.8. The summed E-state index contributed by atoms with van der Waals surface area (Å²) in [5, 5.41) is 16.7. The third-order valence-corrected chi connectivity index (χ3v) is 6.35. The standard InChI is InChI=1S/C23H35ClN4O4/c1-15(2)13-28-21-20(22(30)27(3)23(28)31)25-17(10-5-4-8-12-29)18(26-21)14-32-19-11-7-6-9-16(19)24/h6-7,9,11,15,17-18,20-21,25-26,29H,4-5,8,10,12-14H2,1-3H3. The molecule has 0 bridgehead atoms. The van der Waals surface area contributed by atoms with Crippen LogP contribution in [0, 0.1) is 5.92 Å². The summed E-state index contributed by atoms with van der Waals surface area (Å²) >= 11 is 6.25. The van der Waals surface area contributed by atoms with E-state index in [1.54, 1.807) is 18.0 Å². The molecule has 0 radical (unpaired) electrons. The van der Waals surface area contributed by atoms with Gasteiger partial charge in [0, 0.05) is 26.2 Å². The van der Waals surface area contributed by atoms with E-state index in [1.807, 2.05) is 18.2 Å². The van der Waals surface area contributed by atoms with Crippen molar-refractivity contribution in [3.05, 3.63) is 29.3 Å². The van der Waals surface area contributed by atoms with Gasteiger partial charge in [-0.25, -0.2) is 4.79 Å². The Morgan fingerprint density at radius 1 is 1.12 bits per heavy atom. The molecule has 1 aromatic rings. The molecule has 178 valence electrons. The number of unbranched alkanes of at least 4 members (excludes halogenated alkanes) is 2. The predicted molar refractivity (Wildman–Crippen MR) is 124 cm³/mol. The molecule has 3 amide bonds. The van der Waals surface area contributed by atoms with E-state index < -0.39 is 12.2 Å². The minimum absolute atomic E-state index is 0.0242. The lowest BCUT2D eigenvalue weighted by Gasteiger charge is -2.51. The number of imide groups is 1. The Morgan fingerprint density at radius 3 is 2.56 bits per heavy atom. The number of carbonyl (C=O) groups is 2. The Labute approximate surface area is 195 Å². The van der Waals surface area contributed by atoms with Crippen LogP contribution in [0.2, 0.25) is 5.02 Å². The Hall–Kier alpha value is -1.87. The van der Waals surface area contributed by atoms with Crippen LogP contribution >= 0.6 is 11.6 Å². The van der Waals surface area contributed by atoms with Crippen LogP contribution in [0.3, 0.4) is 0 Å². The molecule has 0 aromatic heterocycles. The smallest absolute Gasteiger partial charge is 0.327 e. The lowest BCUT2D eigenvalue weighted by molar-refractivity contribution is -0.138. The van der Waals surface area contributed by atoms with Crippen molar-refractivity contribution < 1.29 is 19.4 Å². The Kier molecular flexibility index (Phi) is 8.76. The normalized spacial score (nSPS) is 25.9. The molecule has 1 aromatic carbocycles. The van der Waals surface area contributed by atoms with Crippen molar-refractivity contribution in [2.75, 3.05) is 26.8 Å². The van der Waals surface area contributed by atoms with Gasteiger partial charge >= 0.3 is 6.03 Å². The van der Waals surface area contributed by atoms with Gasteiger partial charge in [-0.1, -0.05) is 50.4 Å². The van der Waals surface area contributed by atoms with E-state index >= 15 is 0 Å². The number of likely N-dealkylation sites (N-methyl/N-ethyl adjacent to an activating group) is 1. The fourth-order valence-electron chi connectivity index (χ4n) is 4.39. The van der Waals surface area contributed by atoms with Crippen LogP contribution in [-0.2, 0) is 4.79 Å². The van der Waals surface area contributed by atoms with Crippen molar-refractivity contribution in [2.45, 2.75) is 63.8 Å². The summed E-state index contributed by atoms with van der Waals surface area (Å²) in [7, 11) is 1.54. The van der Waals surface area contributed by atoms with Gasteiger partial charge in [0.05, 0.1) is 11.1 Å². The number of urea groups is 1. The van der Waals surface area contributed by atoms with Crippen LogP contribution in [-0.4, -0.2) is 77.9 Å². The van der Waals surface area contributed by atoms with E-state index in [1.165, 1.54) is 4.90 Å². The second-order valence-corrected chi connectivity index (χ2v) is 9.42. The average molecular weight is 467 g/mol. The molecular formula is C23H35ClN4O4. The fraction of sp³-hybridized carbons (Fsp3) is 0.652. The third-order valence-electron chi connectivity index (χ3n) is 6.04. The topological polar surface area (TPSA) is 94.1 Å². The number of hydrogen-bond acceptors (Lipinski definition) is 6. The number of para-hydroxylation sites is 1. The number of carbonyl (C=O) groups excluding carboxylic acids is 2. The first-order valence-corrected chi connectivity index (χ1v) is 11.8. The second-order valence-electron chi connectivity index (χ2n) is 9.01. The number of piperazine rings is 1. The highest BCUT2D eigenvalue weighted by Crippen LogP contribution is 2.26. The molecule has 2 aliphatic rings. The zero-order chi connectivity index (χ0) is 23.3. The molecule has 0 saturated carbocycles. The van der Waals surface area contributed by atoms with E-state index in [-0.39, 0.29) is 36.5 Å². The van der Waals surface area contributed by atoms with Gasteiger partial charge in [0.15, 0.2) is 0 Å². The average Bonchev–Trinajstić information content (AvgIpc) is 2.77. The van der Waals surface area contributed by atoms with Gasteiger partial charge in [-0.2, -0.15) is 0 Å². The van der Waals surface area contributed by atoms with Crippen molar-refractivity contribution >= 4 is 23.5 Å². The second kappa shape index (κ2) is 11.3. The molecule has 0 spiro atoms. The number of hydrogen-bond donors (Lipinski definition) is 3. The van der Waals surface area contributed by atoms with Gasteiger partial charge in [-0.15, -0.1) is 0 Å². The molecule has 32 heavy (non-hydrogen) atoms. The van der Waals surface area contributed by atoms with Gasteiger partial charge in [-0.3, -0.25) is 20.3 Å². The van der Waals surface area contributed by atoms with E-state index in [0.29, 0.717) is 23.9 Å². The minimum atomic E-state index is -0.518. The van der Waals surface area contributed by atoms with Crippen molar-refractivity contribution in [1.29, 1.82) is 0 Å². The van der Waals surface area contributed by atoms with Crippen molar-refractivity contribution in [3.63, 3.8) is 0 Å². The van der Waals surface area contributed by atoms with Crippen molar-refractivity contribution in [1.82, 2.24) is 20.4 Å². The van der Waals surface area contributed by atoms with Crippen LogP contribution in [0.1, 0.15) is 39.5 Å². The molecule has 4 unspecified atom stereocenters. The number of ether oxygens (including phenoxy) is 1. The van der Waals surface area contributed by atoms with Gasteiger partial charge in [0.2, 0.25) is 0 Å². The molecule has 8 nitrogen and oxygen atoms in total. The Balaban J connectivity index is 1.79. The SMILES string of the molecule is CC(C)CN1C(=O)N(C)C(=O)C2NC(CCCCCO)C(COc3ccccc3Cl)NC21. The molecular weight excluding hydrogens is 432 g/mol. The van der Waals surface area contributed by atoms with E-state index in [2.05, 4.69) is 24.5 Å². The summed E-state index contributed by atoms with van der Waals surface area (Å²) in [6.45, 7) is 5.17. The molecule has 3 N–H and O–H groups in total. The van der Waals surface area contributed by atoms with Gasteiger partial charge in [0.25, 0.3) is 5.91 Å². The molecule has 2 saturated heterocycles. The lowest BCUT2D eigenvalue weighted by Crippen LogP contribution is -2.79. The van der Waals surface area contributed by atoms with Crippen LogP contribution in [0.5, 0.6) is 5.75 Å². The van der Waals surface area contributed by atoms with Crippen molar-refractivity contribution in [3.8, 4) is 5.75 Å². The fourth-order valence-corrected chi connectivity index (χ4v) is 4.58. The number of aliphatic hydroxyl groups excluding tert-OH is 1. The molecule has 2 fully saturated rings. The molecule has 9 heteroatoms. The number of benzene rings is 1. The van der Waals surface area contributed by atoms with Crippen LogP contribution in [0.4, 0.5) is 4.79 Å². The van der Waals surface area contributed by atoms with Crippen LogP contribution < -0.4 is 15.4 Å².